The fourth-order valence-corrected chi connectivity index (χ4v) is 1.99. The fraction of sp³-hybridized carbons (Fsp3) is 0.250. The van der Waals surface area contributed by atoms with E-state index in [0.717, 1.165) is 4.68 Å². The van der Waals surface area contributed by atoms with Crippen molar-refractivity contribution in [2.45, 2.75) is 12.7 Å². The minimum absolute atomic E-state index is 0.309. The number of hydrogen-bond acceptors (Lipinski definition) is 4. The van der Waals surface area contributed by atoms with Gasteiger partial charge in [-0.1, -0.05) is 6.07 Å². The summed E-state index contributed by atoms with van der Waals surface area (Å²) in [5.74, 6) is -2.76. The van der Waals surface area contributed by atoms with E-state index in [2.05, 4.69) is 21.0 Å². The molecule has 2 aromatic rings. The van der Waals surface area contributed by atoms with Crippen LogP contribution in [0, 0.1) is 0 Å². The van der Waals surface area contributed by atoms with Crippen LogP contribution >= 0.6 is 15.9 Å². The van der Waals surface area contributed by atoms with Gasteiger partial charge in [0.25, 0.3) is 6.08 Å². The van der Waals surface area contributed by atoms with E-state index in [1.54, 1.807) is 18.2 Å². The lowest BCUT2D eigenvalue weighted by atomic mass is 10.3. The summed E-state index contributed by atoms with van der Waals surface area (Å²) in [5, 5.41) is 11.1. The Bertz CT molecular complexity index is 855. The minimum atomic E-state index is -5.08. The van der Waals surface area contributed by atoms with E-state index in [0.29, 0.717) is 10.3 Å². The molecule has 138 valence electrons. The van der Waals surface area contributed by atoms with E-state index in [1.807, 2.05) is 0 Å². The van der Waals surface area contributed by atoms with Crippen LogP contribution in [0.5, 0.6) is 0 Å². The van der Waals surface area contributed by atoms with Crippen molar-refractivity contribution in [2.24, 2.45) is 5.73 Å². The average molecular weight is 433 g/mol. The van der Waals surface area contributed by atoms with Crippen LogP contribution in [0.2, 0.25) is 0 Å². The molecule has 0 amide bonds. The zero-order chi connectivity index (χ0) is 19.4. The number of nitrogens with zero attached hydrogens (tertiary/aromatic N) is 3. The van der Waals surface area contributed by atoms with Gasteiger partial charge in [-0.2, -0.15) is 22.0 Å². The van der Waals surface area contributed by atoms with E-state index in [9.17, 15) is 26.7 Å². The quantitative estimate of drug-likeness (QED) is 0.570. The summed E-state index contributed by atoms with van der Waals surface area (Å²) >= 11 is 3.20. The summed E-state index contributed by atoms with van der Waals surface area (Å²) in [6.45, 7) is -0.629. The van der Waals surface area contributed by atoms with Crippen LogP contribution in [0.3, 0.4) is 0 Å². The zero-order valence-corrected chi connectivity index (χ0v) is 13.7. The second-order valence-electron chi connectivity index (χ2n) is 4.35. The monoisotopic (exact) mass is 432 g/mol. The number of nitrogens with two attached hydrogens (primary N) is 1. The Kier molecular flexibility index (Phi) is 6.81. The molecule has 2 aromatic heterocycles. The first kappa shape index (κ1) is 20.8. The second kappa shape index (κ2) is 8.20. The van der Waals surface area contributed by atoms with Crippen LogP contribution < -0.4 is 11.4 Å². The summed E-state index contributed by atoms with van der Waals surface area (Å²) in [7, 11) is 0. The number of carbonyl (C=O) groups is 1. The summed E-state index contributed by atoms with van der Waals surface area (Å²) in [6, 6.07) is 4.97. The van der Waals surface area contributed by atoms with Crippen molar-refractivity contribution >= 4 is 27.5 Å². The van der Waals surface area contributed by atoms with Crippen LogP contribution in [-0.4, -0.2) is 38.0 Å². The third kappa shape index (κ3) is 5.35. The standard InChI is InChI=1S/C10H9BrF2N4O.C2HF3O2/c11-7-2-1-3-8-15-16(10(18)17(7)8)5-6(4-14)9(12)13;3-2(4,5)1(6)7/h1-3H,4-5,14H2;(H,6,7). The first-order chi connectivity index (χ1) is 11.5. The SMILES string of the molecule is NCC(Cn1nc2cccc(Br)n2c1=O)=C(F)F.O=C(O)C(F)(F)F. The Hall–Kier alpha value is -2.28. The number of hydrogen-bond donors (Lipinski definition) is 2. The molecule has 0 atom stereocenters. The third-order valence-corrected chi connectivity index (χ3v) is 3.27. The van der Waals surface area contributed by atoms with Crippen molar-refractivity contribution in [1.82, 2.24) is 14.2 Å². The Balaban J connectivity index is 0.000000381. The number of pyridine rings is 1. The normalized spacial score (nSPS) is 11.0. The number of aliphatic carboxylic acids is 1. The van der Waals surface area contributed by atoms with Crippen molar-refractivity contribution in [2.75, 3.05) is 6.54 Å². The lowest BCUT2D eigenvalue weighted by molar-refractivity contribution is -0.192. The van der Waals surface area contributed by atoms with E-state index in [-0.39, 0.29) is 18.7 Å². The fourth-order valence-electron chi connectivity index (χ4n) is 1.51. The van der Waals surface area contributed by atoms with Crippen molar-refractivity contribution < 1.29 is 31.9 Å². The molecular weight excluding hydrogens is 423 g/mol. The Morgan fingerprint density at radius 2 is 1.88 bits per heavy atom. The molecule has 2 heterocycles. The predicted octanol–water partition coefficient (Wildman–Crippen LogP) is 2.00. The molecule has 0 spiro atoms. The Labute approximate surface area is 144 Å². The van der Waals surface area contributed by atoms with Crippen LogP contribution in [0.15, 0.2) is 39.3 Å². The van der Waals surface area contributed by atoms with E-state index in [4.69, 9.17) is 15.6 Å². The maximum absolute atomic E-state index is 12.5. The number of aromatic nitrogens is 3. The molecular formula is C12H10BrF5N4O3. The van der Waals surface area contributed by atoms with Crippen LogP contribution in [-0.2, 0) is 11.3 Å². The molecule has 7 nitrogen and oxygen atoms in total. The first-order valence-electron chi connectivity index (χ1n) is 6.26. The van der Waals surface area contributed by atoms with Gasteiger partial charge in [0, 0.05) is 12.1 Å². The molecule has 0 aliphatic heterocycles. The number of halogens is 6. The van der Waals surface area contributed by atoms with Crippen LogP contribution in [0.1, 0.15) is 0 Å². The average Bonchev–Trinajstić information content (AvgIpc) is 2.81. The number of rotatable bonds is 3. The van der Waals surface area contributed by atoms with Crippen molar-refractivity contribution in [1.29, 1.82) is 0 Å². The molecule has 0 fully saturated rings. The van der Waals surface area contributed by atoms with E-state index >= 15 is 0 Å². The summed E-state index contributed by atoms with van der Waals surface area (Å²) in [4.78, 5) is 20.8. The molecule has 3 N–H and O–H groups in total. The molecule has 13 heteroatoms. The highest BCUT2D eigenvalue weighted by Crippen LogP contribution is 2.13. The van der Waals surface area contributed by atoms with Crippen molar-refractivity contribution in [3.05, 3.63) is 44.9 Å². The second-order valence-corrected chi connectivity index (χ2v) is 5.17. The molecule has 0 unspecified atom stereocenters. The van der Waals surface area contributed by atoms with Gasteiger partial charge >= 0.3 is 17.8 Å². The van der Waals surface area contributed by atoms with Crippen molar-refractivity contribution in [3.63, 3.8) is 0 Å². The lowest BCUT2D eigenvalue weighted by Gasteiger charge is -2.01. The number of carboxylic acids is 1. The Morgan fingerprint density at radius 1 is 1.32 bits per heavy atom. The highest BCUT2D eigenvalue weighted by molar-refractivity contribution is 9.10. The third-order valence-electron chi connectivity index (χ3n) is 2.65. The van der Waals surface area contributed by atoms with Crippen LogP contribution in [0.4, 0.5) is 22.0 Å². The molecule has 0 aliphatic carbocycles. The zero-order valence-electron chi connectivity index (χ0n) is 12.1. The van der Waals surface area contributed by atoms with Gasteiger partial charge in [0.1, 0.15) is 0 Å². The largest absolute Gasteiger partial charge is 0.490 e. The molecule has 25 heavy (non-hydrogen) atoms. The predicted molar refractivity (Wildman–Crippen MR) is 79.1 cm³/mol. The minimum Gasteiger partial charge on any atom is -0.475 e. The highest BCUT2D eigenvalue weighted by Gasteiger charge is 2.38. The maximum atomic E-state index is 12.5. The van der Waals surface area contributed by atoms with Crippen molar-refractivity contribution in [3.8, 4) is 0 Å². The number of fused-ring (bicyclic) bond motifs is 1. The molecule has 0 saturated carbocycles. The molecule has 0 saturated heterocycles. The van der Waals surface area contributed by atoms with Gasteiger partial charge in [0.05, 0.1) is 11.1 Å². The summed E-state index contributed by atoms with van der Waals surface area (Å²) in [6.07, 6.45) is -6.96. The molecule has 0 radical (unpaired) electrons. The van der Waals surface area contributed by atoms with E-state index in [1.165, 1.54) is 4.40 Å². The lowest BCUT2D eigenvalue weighted by Crippen LogP contribution is -2.24. The van der Waals surface area contributed by atoms with E-state index < -0.39 is 23.9 Å². The van der Waals surface area contributed by atoms with Gasteiger partial charge in [-0.3, -0.25) is 0 Å². The molecule has 0 aliphatic rings. The van der Waals surface area contributed by atoms with Crippen LogP contribution in [0.25, 0.3) is 5.65 Å². The molecule has 2 rings (SSSR count). The van der Waals surface area contributed by atoms with Gasteiger partial charge in [0.15, 0.2) is 5.65 Å². The summed E-state index contributed by atoms with van der Waals surface area (Å²) < 4.78 is 59.5. The molecule has 0 bridgehead atoms. The van der Waals surface area contributed by atoms with Gasteiger partial charge in [0.2, 0.25) is 0 Å². The smallest absolute Gasteiger partial charge is 0.475 e. The first-order valence-corrected chi connectivity index (χ1v) is 7.05. The number of alkyl halides is 3. The highest BCUT2D eigenvalue weighted by atomic mass is 79.9. The Morgan fingerprint density at radius 3 is 2.28 bits per heavy atom. The van der Waals surface area contributed by atoms with Gasteiger partial charge in [-0.25, -0.2) is 18.7 Å². The van der Waals surface area contributed by atoms with Gasteiger partial charge in [-0.05, 0) is 28.1 Å². The topological polar surface area (TPSA) is 103 Å². The van der Waals surface area contributed by atoms with Gasteiger partial charge in [-0.15, -0.1) is 5.10 Å². The van der Waals surface area contributed by atoms with Gasteiger partial charge < -0.3 is 10.8 Å². The number of carboxylic acid groups (broad SMARTS) is 1. The molecule has 0 aromatic carbocycles. The maximum Gasteiger partial charge on any atom is 0.490 e. The summed E-state index contributed by atoms with van der Waals surface area (Å²) in [5.41, 5.74) is 4.77.